The molecule has 0 unspecified atom stereocenters. The van der Waals surface area contributed by atoms with Crippen molar-refractivity contribution in [3.05, 3.63) is 21.9 Å². The molecule has 0 aliphatic carbocycles. The first kappa shape index (κ1) is 16.0. The van der Waals surface area contributed by atoms with Crippen LogP contribution >= 0.6 is 11.3 Å². The molecule has 1 aliphatic heterocycles. The lowest BCUT2D eigenvalue weighted by molar-refractivity contribution is 0.0163. The van der Waals surface area contributed by atoms with Gasteiger partial charge in [-0.25, -0.2) is 0 Å². The SMILES string of the molecule is CC(C)(C)NCc1ccc(COCC2CCOCC2)s1. The Morgan fingerprint density at radius 2 is 1.95 bits per heavy atom. The molecule has 1 N–H and O–H groups in total. The maximum Gasteiger partial charge on any atom is 0.0809 e. The molecular weight excluding hydrogens is 270 g/mol. The van der Waals surface area contributed by atoms with Crippen LogP contribution in [0.5, 0.6) is 0 Å². The van der Waals surface area contributed by atoms with Gasteiger partial charge in [0.15, 0.2) is 0 Å². The second kappa shape index (κ2) is 7.55. The smallest absolute Gasteiger partial charge is 0.0809 e. The second-order valence-corrected chi connectivity index (χ2v) is 7.80. The predicted molar refractivity (Wildman–Crippen MR) is 84.1 cm³/mol. The summed E-state index contributed by atoms with van der Waals surface area (Å²) in [5, 5.41) is 3.51. The summed E-state index contributed by atoms with van der Waals surface area (Å²) in [4.78, 5) is 2.70. The van der Waals surface area contributed by atoms with Gasteiger partial charge in [0, 0.05) is 35.1 Å². The molecule has 1 aromatic heterocycles. The van der Waals surface area contributed by atoms with Crippen molar-refractivity contribution in [1.82, 2.24) is 5.32 Å². The quantitative estimate of drug-likeness (QED) is 0.870. The van der Waals surface area contributed by atoms with Crippen LogP contribution in [0.25, 0.3) is 0 Å². The van der Waals surface area contributed by atoms with Gasteiger partial charge in [0.2, 0.25) is 0 Å². The van der Waals surface area contributed by atoms with Gasteiger partial charge < -0.3 is 14.8 Å². The molecule has 20 heavy (non-hydrogen) atoms. The summed E-state index contributed by atoms with van der Waals surface area (Å²) < 4.78 is 11.2. The van der Waals surface area contributed by atoms with Crippen LogP contribution in [0.2, 0.25) is 0 Å². The molecule has 0 aromatic carbocycles. The van der Waals surface area contributed by atoms with E-state index in [-0.39, 0.29) is 5.54 Å². The molecule has 2 rings (SSSR count). The van der Waals surface area contributed by atoms with Gasteiger partial charge in [0.1, 0.15) is 0 Å². The molecule has 0 bridgehead atoms. The largest absolute Gasteiger partial charge is 0.381 e. The Kier molecular flexibility index (Phi) is 6.02. The number of thiophene rings is 1. The third-order valence-electron chi connectivity index (χ3n) is 3.45. The van der Waals surface area contributed by atoms with Gasteiger partial charge in [-0.15, -0.1) is 11.3 Å². The first-order valence-corrected chi connectivity index (χ1v) is 8.33. The molecule has 0 saturated carbocycles. The van der Waals surface area contributed by atoms with Crippen molar-refractivity contribution in [2.45, 2.75) is 52.3 Å². The third kappa shape index (κ3) is 5.92. The van der Waals surface area contributed by atoms with Gasteiger partial charge in [-0.1, -0.05) is 0 Å². The highest BCUT2D eigenvalue weighted by molar-refractivity contribution is 7.11. The van der Waals surface area contributed by atoms with E-state index in [4.69, 9.17) is 9.47 Å². The molecule has 0 amide bonds. The van der Waals surface area contributed by atoms with E-state index in [2.05, 4.69) is 38.2 Å². The Morgan fingerprint density at radius 3 is 2.65 bits per heavy atom. The highest BCUT2D eigenvalue weighted by Gasteiger charge is 2.14. The normalized spacial score (nSPS) is 17.6. The van der Waals surface area contributed by atoms with Crippen LogP contribution in [-0.2, 0) is 22.6 Å². The third-order valence-corrected chi connectivity index (χ3v) is 4.51. The summed E-state index contributed by atoms with van der Waals surface area (Å²) in [5.74, 6) is 0.686. The maximum atomic E-state index is 5.85. The minimum absolute atomic E-state index is 0.170. The fourth-order valence-electron chi connectivity index (χ4n) is 2.19. The Balaban J connectivity index is 1.67. The summed E-state index contributed by atoms with van der Waals surface area (Å²) in [5.41, 5.74) is 0.170. The molecule has 3 nitrogen and oxygen atoms in total. The fraction of sp³-hybridized carbons (Fsp3) is 0.750. The number of rotatable bonds is 6. The van der Waals surface area contributed by atoms with Crippen molar-refractivity contribution in [2.75, 3.05) is 19.8 Å². The van der Waals surface area contributed by atoms with Crippen molar-refractivity contribution in [1.29, 1.82) is 0 Å². The number of ether oxygens (including phenoxy) is 2. The van der Waals surface area contributed by atoms with Crippen LogP contribution in [0.15, 0.2) is 12.1 Å². The molecule has 1 fully saturated rings. The summed E-state index contributed by atoms with van der Waals surface area (Å²) >= 11 is 1.85. The molecule has 0 spiro atoms. The van der Waals surface area contributed by atoms with Gasteiger partial charge in [0.05, 0.1) is 13.2 Å². The zero-order valence-electron chi connectivity index (χ0n) is 12.9. The topological polar surface area (TPSA) is 30.5 Å². The van der Waals surface area contributed by atoms with Crippen LogP contribution in [0.4, 0.5) is 0 Å². The van der Waals surface area contributed by atoms with Gasteiger partial charge in [-0.05, 0) is 51.7 Å². The van der Waals surface area contributed by atoms with E-state index in [0.717, 1.165) is 45.8 Å². The van der Waals surface area contributed by atoms with Crippen molar-refractivity contribution in [3.8, 4) is 0 Å². The Bertz CT molecular complexity index is 391. The van der Waals surface area contributed by atoms with Crippen molar-refractivity contribution >= 4 is 11.3 Å². The van der Waals surface area contributed by atoms with Gasteiger partial charge in [-0.3, -0.25) is 0 Å². The van der Waals surface area contributed by atoms with E-state index in [0.29, 0.717) is 5.92 Å². The molecule has 4 heteroatoms. The predicted octanol–water partition coefficient (Wildman–Crippen LogP) is 3.58. The standard InChI is InChI=1S/C16H27NO2S/c1-16(2,3)17-10-14-4-5-15(20-14)12-19-11-13-6-8-18-9-7-13/h4-5,13,17H,6-12H2,1-3H3. The van der Waals surface area contributed by atoms with E-state index in [1.807, 2.05) is 11.3 Å². The van der Waals surface area contributed by atoms with Crippen molar-refractivity contribution in [3.63, 3.8) is 0 Å². The monoisotopic (exact) mass is 297 g/mol. The lowest BCUT2D eigenvalue weighted by Gasteiger charge is -2.21. The molecule has 2 heterocycles. The molecule has 1 aromatic rings. The molecule has 0 atom stereocenters. The van der Waals surface area contributed by atoms with E-state index < -0.39 is 0 Å². The van der Waals surface area contributed by atoms with Crippen LogP contribution in [0.1, 0.15) is 43.4 Å². The van der Waals surface area contributed by atoms with Crippen LogP contribution in [-0.4, -0.2) is 25.4 Å². The summed E-state index contributed by atoms with van der Waals surface area (Å²) in [7, 11) is 0. The molecular formula is C16H27NO2S. The van der Waals surface area contributed by atoms with Gasteiger partial charge in [0.25, 0.3) is 0 Å². The van der Waals surface area contributed by atoms with Gasteiger partial charge in [-0.2, -0.15) is 0 Å². The molecule has 1 aliphatic rings. The lowest BCUT2D eigenvalue weighted by atomic mass is 10.0. The Labute approximate surface area is 126 Å². The van der Waals surface area contributed by atoms with Crippen LogP contribution in [0.3, 0.4) is 0 Å². The molecule has 1 saturated heterocycles. The van der Waals surface area contributed by atoms with E-state index in [9.17, 15) is 0 Å². The van der Waals surface area contributed by atoms with Gasteiger partial charge >= 0.3 is 0 Å². The van der Waals surface area contributed by atoms with Crippen LogP contribution in [0, 0.1) is 5.92 Å². The molecule has 114 valence electrons. The summed E-state index contributed by atoms with van der Waals surface area (Å²) in [6, 6.07) is 4.39. The average molecular weight is 297 g/mol. The van der Waals surface area contributed by atoms with Crippen LogP contribution < -0.4 is 5.32 Å². The zero-order chi connectivity index (χ0) is 14.4. The Hall–Kier alpha value is -0.420. The van der Waals surface area contributed by atoms with E-state index in [1.165, 1.54) is 9.75 Å². The van der Waals surface area contributed by atoms with Crippen molar-refractivity contribution in [2.24, 2.45) is 5.92 Å². The number of nitrogens with one attached hydrogen (secondary N) is 1. The zero-order valence-corrected chi connectivity index (χ0v) is 13.7. The lowest BCUT2D eigenvalue weighted by Crippen LogP contribution is -2.34. The Morgan fingerprint density at radius 1 is 1.25 bits per heavy atom. The van der Waals surface area contributed by atoms with E-state index in [1.54, 1.807) is 0 Å². The highest BCUT2D eigenvalue weighted by Crippen LogP contribution is 2.20. The highest BCUT2D eigenvalue weighted by atomic mass is 32.1. The number of hydrogen-bond donors (Lipinski definition) is 1. The van der Waals surface area contributed by atoms with Crippen molar-refractivity contribution < 1.29 is 9.47 Å². The second-order valence-electron chi connectivity index (χ2n) is 6.54. The fourth-order valence-corrected chi connectivity index (χ4v) is 3.08. The minimum atomic E-state index is 0.170. The minimum Gasteiger partial charge on any atom is -0.381 e. The van der Waals surface area contributed by atoms with E-state index >= 15 is 0 Å². The first-order chi connectivity index (χ1) is 9.53. The summed E-state index contributed by atoms with van der Waals surface area (Å²) in [6.45, 7) is 10.9. The molecule has 0 radical (unpaired) electrons. The summed E-state index contributed by atoms with van der Waals surface area (Å²) in [6.07, 6.45) is 2.29. The maximum absolute atomic E-state index is 5.85. The average Bonchev–Trinajstić information content (AvgIpc) is 2.85. The number of hydrogen-bond acceptors (Lipinski definition) is 4. The first-order valence-electron chi connectivity index (χ1n) is 7.51.